The Bertz CT molecular complexity index is 1840. The maximum Gasteiger partial charge on any atom is 0.319 e. The van der Waals surface area contributed by atoms with Gasteiger partial charge in [0.25, 0.3) is 0 Å². The standard InChI is InChI=1S/C33H32F4N6O2.C2H6/c1-3-20-22(34)8-7-18-13-19(44)14-21(26(18)20)29-28(37)30-27(23(4-2)38-29)31(42-15-24(35)39-25(36)16-42)41-32(40-30)45-17-33-9-5-11-43(33)12-6-10-33;1-2/h1,7-8,13-14,24-25,39,44H,4-6,9-12,15-17H2,2H3;1-2H3. The highest BCUT2D eigenvalue weighted by Crippen LogP contribution is 2.42. The van der Waals surface area contributed by atoms with E-state index in [0.29, 0.717) is 17.7 Å². The van der Waals surface area contributed by atoms with Gasteiger partial charge in [-0.05, 0) is 68.8 Å². The zero-order chi connectivity index (χ0) is 33.5. The molecule has 0 spiro atoms. The number of phenolic OH excluding ortho intramolecular Hbond substituents is 1. The van der Waals surface area contributed by atoms with Crippen LogP contribution in [0, 0.1) is 24.0 Å². The monoisotopic (exact) mass is 650 g/mol. The van der Waals surface area contributed by atoms with Crippen LogP contribution in [0.25, 0.3) is 32.9 Å². The number of aromatic hydroxyl groups is 1. The number of ether oxygens (including phenoxy) is 1. The zero-order valence-corrected chi connectivity index (χ0v) is 26.7. The second-order valence-electron chi connectivity index (χ2n) is 12.0. The van der Waals surface area contributed by atoms with Gasteiger partial charge in [-0.25, -0.2) is 22.5 Å². The van der Waals surface area contributed by atoms with Gasteiger partial charge < -0.3 is 14.7 Å². The first-order chi connectivity index (χ1) is 22.7. The number of aryl methyl sites for hydroxylation is 1. The van der Waals surface area contributed by atoms with E-state index in [1.807, 2.05) is 13.8 Å². The van der Waals surface area contributed by atoms with Gasteiger partial charge in [0.2, 0.25) is 0 Å². The van der Waals surface area contributed by atoms with E-state index >= 15 is 4.39 Å². The van der Waals surface area contributed by atoms with Crippen molar-refractivity contribution in [3.05, 3.63) is 47.2 Å². The summed E-state index contributed by atoms with van der Waals surface area (Å²) in [5.41, 5.74) is -0.206. The second-order valence-corrected chi connectivity index (χ2v) is 12.0. The molecule has 2 aromatic heterocycles. The number of benzene rings is 2. The van der Waals surface area contributed by atoms with Gasteiger partial charge in [0.1, 0.15) is 35.2 Å². The number of aromatic nitrogens is 3. The molecule has 47 heavy (non-hydrogen) atoms. The van der Waals surface area contributed by atoms with Crippen LogP contribution in [0.2, 0.25) is 0 Å². The molecular formula is C35H38F4N6O2. The minimum absolute atomic E-state index is 0.0791. The summed E-state index contributed by atoms with van der Waals surface area (Å²) >= 11 is 0. The van der Waals surface area contributed by atoms with Crippen LogP contribution in [0.1, 0.15) is 57.7 Å². The highest BCUT2D eigenvalue weighted by molar-refractivity contribution is 6.03. The summed E-state index contributed by atoms with van der Waals surface area (Å²) in [4.78, 5) is 17.6. The van der Waals surface area contributed by atoms with Crippen molar-refractivity contribution < 1.29 is 27.4 Å². The fraction of sp³-hybridized carbons (Fsp3) is 0.457. The molecule has 2 unspecified atom stereocenters. The number of rotatable bonds is 6. The lowest BCUT2D eigenvalue weighted by atomic mass is 9.95. The lowest BCUT2D eigenvalue weighted by Crippen LogP contribution is -2.53. The molecule has 8 nitrogen and oxygen atoms in total. The number of nitrogens with one attached hydrogen (secondary N) is 1. The average Bonchev–Trinajstić information content (AvgIpc) is 3.65. The van der Waals surface area contributed by atoms with Gasteiger partial charge in [-0.1, -0.05) is 32.8 Å². The van der Waals surface area contributed by atoms with Gasteiger partial charge in [0, 0.05) is 10.9 Å². The number of fused-ring (bicyclic) bond motifs is 3. The Morgan fingerprint density at radius 2 is 1.74 bits per heavy atom. The fourth-order valence-corrected chi connectivity index (χ4v) is 7.28. The van der Waals surface area contributed by atoms with E-state index in [1.54, 1.807) is 6.92 Å². The van der Waals surface area contributed by atoms with E-state index in [9.17, 15) is 18.3 Å². The summed E-state index contributed by atoms with van der Waals surface area (Å²) in [5.74, 6) is 0.692. The summed E-state index contributed by atoms with van der Waals surface area (Å²) in [6.45, 7) is 7.57. The summed E-state index contributed by atoms with van der Waals surface area (Å²) in [6.07, 6.45) is 6.58. The molecule has 3 aliphatic heterocycles. The fourth-order valence-electron chi connectivity index (χ4n) is 7.28. The van der Waals surface area contributed by atoms with E-state index in [2.05, 4.69) is 31.1 Å². The van der Waals surface area contributed by atoms with Gasteiger partial charge in [-0.3, -0.25) is 10.2 Å². The Balaban J connectivity index is 0.00000190. The number of hydrogen-bond donors (Lipinski definition) is 2. The molecule has 0 bridgehead atoms. The molecule has 2 N–H and O–H groups in total. The van der Waals surface area contributed by atoms with Crippen molar-refractivity contribution in [1.29, 1.82) is 0 Å². The molecule has 5 heterocycles. The molecule has 0 radical (unpaired) electrons. The van der Waals surface area contributed by atoms with Crippen molar-refractivity contribution >= 4 is 27.5 Å². The number of pyridine rings is 1. The van der Waals surface area contributed by atoms with E-state index in [0.717, 1.165) is 38.8 Å². The number of hydrogen-bond acceptors (Lipinski definition) is 8. The van der Waals surface area contributed by atoms with Crippen LogP contribution >= 0.6 is 0 Å². The van der Waals surface area contributed by atoms with Crippen LogP contribution in [-0.4, -0.2) is 75.9 Å². The molecule has 7 rings (SSSR count). The summed E-state index contributed by atoms with van der Waals surface area (Å²) < 4.78 is 67.1. The molecule has 248 valence electrons. The first-order valence-corrected chi connectivity index (χ1v) is 16.2. The van der Waals surface area contributed by atoms with Gasteiger partial charge in [-0.2, -0.15) is 9.97 Å². The molecule has 3 aliphatic rings. The van der Waals surface area contributed by atoms with E-state index in [1.165, 1.54) is 29.2 Å². The highest BCUT2D eigenvalue weighted by Gasteiger charge is 2.45. The van der Waals surface area contributed by atoms with Gasteiger partial charge in [-0.15, -0.1) is 6.42 Å². The summed E-state index contributed by atoms with van der Waals surface area (Å²) in [7, 11) is 0. The van der Waals surface area contributed by atoms with Gasteiger partial charge in [0.15, 0.2) is 18.4 Å². The highest BCUT2D eigenvalue weighted by atomic mass is 19.2. The van der Waals surface area contributed by atoms with Crippen molar-refractivity contribution in [3.63, 3.8) is 0 Å². The third kappa shape index (κ3) is 5.80. The Hall–Kier alpha value is -4.21. The SMILES string of the molecule is C#Cc1c(F)ccc2cc(O)cc(-c3nc(CC)c4c(N5CC(F)NC(F)C5)nc(OCC56CCCN5CCC6)nc4c3F)c12.CC. The van der Waals surface area contributed by atoms with E-state index < -0.39 is 24.2 Å². The second kappa shape index (κ2) is 13.1. The van der Waals surface area contributed by atoms with Crippen molar-refractivity contribution in [3.8, 4) is 35.4 Å². The maximum atomic E-state index is 16.9. The largest absolute Gasteiger partial charge is 0.508 e. The molecule has 3 fully saturated rings. The Morgan fingerprint density at radius 1 is 1.04 bits per heavy atom. The molecule has 12 heteroatoms. The molecule has 3 saturated heterocycles. The van der Waals surface area contributed by atoms with E-state index in [-0.39, 0.29) is 75.7 Å². The number of anilines is 1. The first-order valence-electron chi connectivity index (χ1n) is 16.2. The van der Waals surface area contributed by atoms with Crippen molar-refractivity contribution in [2.45, 2.75) is 71.0 Å². The number of halogens is 4. The first kappa shape index (κ1) is 32.7. The Morgan fingerprint density at radius 3 is 2.40 bits per heavy atom. The minimum atomic E-state index is -1.69. The van der Waals surface area contributed by atoms with Crippen LogP contribution in [0.5, 0.6) is 11.8 Å². The van der Waals surface area contributed by atoms with Crippen LogP contribution in [-0.2, 0) is 6.42 Å². The molecule has 2 aromatic carbocycles. The number of terminal acetylenes is 1. The molecule has 0 saturated carbocycles. The molecular weight excluding hydrogens is 612 g/mol. The third-order valence-electron chi connectivity index (χ3n) is 9.31. The van der Waals surface area contributed by atoms with Gasteiger partial charge >= 0.3 is 6.01 Å². The van der Waals surface area contributed by atoms with Crippen molar-refractivity contribution in [1.82, 2.24) is 25.2 Å². The zero-order valence-electron chi connectivity index (χ0n) is 26.7. The molecule has 2 atom stereocenters. The topological polar surface area (TPSA) is 86.6 Å². The molecule has 0 amide bonds. The number of alkyl halides is 2. The number of piperazine rings is 1. The minimum Gasteiger partial charge on any atom is -0.508 e. The number of phenols is 1. The van der Waals surface area contributed by atoms with Gasteiger partial charge in [0.05, 0.1) is 35.3 Å². The molecule has 4 aromatic rings. The average molecular weight is 651 g/mol. The normalized spacial score (nSPS) is 20.6. The third-order valence-corrected chi connectivity index (χ3v) is 9.31. The lowest BCUT2D eigenvalue weighted by molar-refractivity contribution is 0.107. The quantitative estimate of drug-likeness (QED) is 0.141. The van der Waals surface area contributed by atoms with Crippen LogP contribution in [0.15, 0.2) is 24.3 Å². The predicted molar refractivity (Wildman–Crippen MR) is 174 cm³/mol. The predicted octanol–water partition coefficient (Wildman–Crippen LogP) is 6.41. The Kier molecular flexibility index (Phi) is 9.14. The summed E-state index contributed by atoms with van der Waals surface area (Å²) in [5, 5.41) is 13.6. The Labute approximate surface area is 271 Å². The number of nitrogens with zero attached hydrogens (tertiary/aromatic N) is 5. The smallest absolute Gasteiger partial charge is 0.319 e. The summed E-state index contributed by atoms with van der Waals surface area (Å²) in [6, 6.07) is 5.20. The molecule has 0 aliphatic carbocycles. The lowest BCUT2D eigenvalue weighted by Gasteiger charge is -2.34. The van der Waals surface area contributed by atoms with Crippen molar-refractivity contribution in [2.24, 2.45) is 0 Å². The van der Waals surface area contributed by atoms with E-state index in [4.69, 9.17) is 11.2 Å². The van der Waals surface area contributed by atoms with Crippen LogP contribution in [0.3, 0.4) is 0 Å². The van der Waals surface area contributed by atoms with Crippen LogP contribution in [0.4, 0.5) is 23.4 Å². The van der Waals surface area contributed by atoms with Crippen LogP contribution < -0.4 is 15.0 Å². The maximum absolute atomic E-state index is 16.9. The van der Waals surface area contributed by atoms with Crippen molar-refractivity contribution in [2.75, 3.05) is 37.7 Å².